The predicted octanol–water partition coefficient (Wildman–Crippen LogP) is 1.28. The quantitative estimate of drug-likeness (QED) is 0.714. The van der Waals surface area contributed by atoms with Crippen molar-refractivity contribution in [1.29, 1.82) is 0 Å². The van der Waals surface area contributed by atoms with Crippen molar-refractivity contribution in [3.05, 3.63) is 66.1 Å². The van der Waals surface area contributed by atoms with Crippen molar-refractivity contribution < 1.29 is 14.6 Å². The normalized spacial score (nSPS) is 10.6. The Hall–Kier alpha value is -2.82. The van der Waals surface area contributed by atoms with Gasteiger partial charge < -0.3 is 19.0 Å². The predicted molar refractivity (Wildman–Crippen MR) is 70.3 cm³/mol. The van der Waals surface area contributed by atoms with Crippen LogP contribution in [0, 0.1) is 0 Å². The number of pyridine rings is 1. The van der Waals surface area contributed by atoms with Crippen LogP contribution < -0.4 is 9.84 Å². The molecular formula is C15H11N2O3-. The molecule has 3 aromatic rings. The van der Waals surface area contributed by atoms with Gasteiger partial charge in [-0.3, -0.25) is 0 Å². The highest BCUT2D eigenvalue weighted by Gasteiger charge is 2.06. The Bertz CT molecular complexity index is 731. The molecule has 1 aromatic carbocycles. The molecule has 0 unspecified atom stereocenters. The third kappa shape index (κ3) is 2.33. The molecule has 0 N–H and O–H groups in total. The minimum atomic E-state index is -1.25. The summed E-state index contributed by atoms with van der Waals surface area (Å²) in [7, 11) is 0. The van der Waals surface area contributed by atoms with E-state index in [0.29, 0.717) is 0 Å². The van der Waals surface area contributed by atoms with Crippen LogP contribution in [0.1, 0.15) is 16.1 Å². The van der Waals surface area contributed by atoms with Gasteiger partial charge in [-0.15, -0.1) is 0 Å². The molecule has 3 rings (SSSR count). The van der Waals surface area contributed by atoms with Gasteiger partial charge in [-0.05, 0) is 24.3 Å². The Kier molecular flexibility index (Phi) is 3.09. The molecule has 100 valence electrons. The molecule has 5 nitrogen and oxygen atoms in total. The molecule has 0 bridgehead atoms. The van der Waals surface area contributed by atoms with Crippen molar-refractivity contribution in [3.63, 3.8) is 0 Å². The van der Waals surface area contributed by atoms with Gasteiger partial charge in [0.05, 0.1) is 11.7 Å². The number of ether oxygens (including phenoxy) is 1. The topological polar surface area (TPSA) is 66.7 Å². The number of hydrogen-bond donors (Lipinski definition) is 0. The number of hydrogen-bond acceptors (Lipinski definition) is 4. The van der Waals surface area contributed by atoms with Gasteiger partial charge in [0.15, 0.2) is 0 Å². The van der Waals surface area contributed by atoms with Crippen LogP contribution >= 0.6 is 0 Å². The lowest BCUT2D eigenvalue weighted by molar-refractivity contribution is -0.255. The first kappa shape index (κ1) is 12.2. The van der Waals surface area contributed by atoms with Crippen LogP contribution in [-0.2, 0) is 6.61 Å². The Balaban J connectivity index is 1.81. The number of carboxylic acid groups (broad SMARTS) is 1. The van der Waals surface area contributed by atoms with E-state index in [9.17, 15) is 9.90 Å². The second-order valence-electron chi connectivity index (χ2n) is 4.27. The van der Waals surface area contributed by atoms with E-state index in [4.69, 9.17) is 4.74 Å². The highest BCUT2D eigenvalue weighted by molar-refractivity contribution is 5.89. The van der Waals surface area contributed by atoms with Gasteiger partial charge in [-0.25, -0.2) is 4.98 Å². The van der Waals surface area contributed by atoms with Gasteiger partial charge in [0.2, 0.25) is 0 Å². The fourth-order valence-corrected chi connectivity index (χ4v) is 1.97. The average molecular weight is 267 g/mol. The van der Waals surface area contributed by atoms with Crippen molar-refractivity contribution in [2.75, 3.05) is 0 Å². The van der Waals surface area contributed by atoms with Crippen LogP contribution in [0.15, 0.2) is 54.9 Å². The summed E-state index contributed by atoms with van der Waals surface area (Å²) in [6.07, 6.45) is 3.73. The molecule has 0 aliphatic heterocycles. The number of carboxylic acids is 1. The Labute approximate surface area is 115 Å². The van der Waals surface area contributed by atoms with Gasteiger partial charge in [-0.1, -0.05) is 18.2 Å². The number of carbonyl (C=O) groups excluding carboxylic acids is 1. The molecule has 5 heteroatoms. The van der Waals surface area contributed by atoms with Crippen LogP contribution in [-0.4, -0.2) is 15.4 Å². The number of nitrogens with zero attached hydrogens (tertiary/aromatic N) is 2. The molecule has 0 aliphatic carbocycles. The molecule has 0 spiro atoms. The highest BCUT2D eigenvalue weighted by atomic mass is 16.5. The minimum Gasteiger partial charge on any atom is -0.545 e. The molecule has 0 saturated carbocycles. The fourth-order valence-electron chi connectivity index (χ4n) is 1.97. The van der Waals surface area contributed by atoms with Crippen molar-refractivity contribution in [2.45, 2.75) is 6.61 Å². The molecule has 2 heterocycles. The van der Waals surface area contributed by atoms with Crippen LogP contribution in [0.5, 0.6) is 5.75 Å². The molecule has 0 fully saturated rings. The van der Waals surface area contributed by atoms with Gasteiger partial charge in [0.1, 0.15) is 18.0 Å². The number of aromatic nitrogens is 2. The SMILES string of the molecule is O=C([O-])c1ccccc1OCc1cn2ccccc2n1. The molecule has 0 atom stereocenters. The lowest BCUT2D eigenvalue weighted by atomic mass is 10.2. The van der Waals surface area contributed by atoms with Crippen LogP contribution in [0.4, 0.5) is 0 Å². The molecule has 20 heavy (non-hydrogen) atoms. The zero-order chi connectivity index (χ0) is 13.9. The largest absolute Gasteiger partial charge is 0.545 e. The monoisotopic (exact) mass is 267 g/mol. The number of benzene rings is 1. The van der Waals surface area contributed by atoms with Crippen LogP contribution in [0.25, 0.3) is 5.65 Å². The summed E-state index contributed by atoms with van der Waals surface area (Å²) < 4.78 is 7.40. The lowest BCUT2D eigenvalue weighted by Gasteiger charge is -2.10. The fraction of sp³-hybridized carbons (Fsp3) is 0.0667. The minimum absolute atomic E-state index is 0.0382. The lowest BCUT2D eigenvalue weighted by Crippen LogP contribution is -2.23. The first-order valence-corrected chi connectivity index (χ1v) is 6.10. The van der Waals surface area contributed by atoms with Crippen molar-refractivity contribution in [2.24, 2.45) is 0 Å². The van der Waals surface area contributed by atoms with Crippen LogP contribution in [0.3, 0.4) is 0 Å². The Morgan fingerprint density at radius 1 is 1.20 bits per heavy atom. The zero-order valence-electron chi connectivity index (χ0n) is 10.5. The van der Waals surface area contributed by atoms with E-state index in [0.717, 1.165) is 11.3 Å². The van der Waals surface area contributed by atoms with Gasteiger partial charge >= 0.3 is 0 Å². The Morgan fingerprint density at radius 2 is 2.00 bits per heavy atom. The molecule has 2 aromatic heterocycles. The summed E-state index contributed by atoms with van der Waals surface area (Å²) in [6.45, 7) is 0.200. The Morgan fingerprint density at radius 3 is 2.80 bits per heavy atom. The molecule has 0 aliphatic rings. The number of rotatable bonds is 4. The maximum Gasteiger partial charge on any atom is 0.137 e. The summed E-state index contributed by atoms with van der Waals surface area (Å²) >= 11 is 0. The first-order valence-electron chi connectivity index (χ1n) is 6.10. The number of imidazole rings is 1. The average Bonchev–Trinajstić information content (AvgIpc) is 2.88. The van der Waals surface area contributed by atoms with E-state index < -0.39 is 5.97 Å². The summed E-state index contributed by atoms with van der Waals surface area (Å²) in [5, 5.41) is 11.0. The smallest absolute Gasteiger partial charge is 0.137 e. The van der Waals surface area contributed by atoms with Crippen molar-refractivity contribution >= 4 is 11.6 Å². The van der Waals surface area contributed by atoms with Gasteiger partial charge in [0, 0.05) is 18.0 Å². The van der Waals surface area contributed by atoms with E-state index >= 15 is 0 Å². The summed E-state index contributed by atoms with van der Waals surface area (Å²) in [5.41, 5.74) is 1.58. The third-order valence-electron chi connectivity index (χ3n) is 2.90. The first-order chi connectivity index (χ1) is 9.74. The number of fused-ring (bicyclic) bond motifs is 1. The molecular weight excluding hydrogens is 256 g/mol. The molecule has 0 radical (unpaired) electrons. The standard InChI is InChI=1S/C15H12N2O3/c18-15(19)12-5-1-2-6-13(12)20-10-11-9-17-8-4-3-7-14(17)16-11/h1-9H,10H2,(H,18,19)/p-1. The van der Waals surface area contributed by atoms with Crippen molar-refractivity contribution in [1.82, 2.24) is 9.38 Å². The molecule has 0 amide bonds. The highest BCUT2D eigenvalue weighted by Crippen LogP contribution is 2.18. The van der Waals surface area contributed by atoms with E-state index in [1.54, 1.807) is 18.2 Å². The summed E-state index contributed by atoms with van der Waals surface area (Å²) in [4.78, 5) is 15.3. The van der Waals surface area contributed by atoms with Gasteiger partial charge in [-0.2, -0.15) is 0 Å². The van der Waals surface area contributed by atoms with E-state index in [1.807, 2.05) is 35.0 Å². The van der Waals surface area contributed by atoms with Gasteiger partial charge in [0.25, 0.3) is 0 Å². The third-order valence-corrected chi connectivity index (χ3v) is 2.90. The maximum absolute atomic E-state index is 11.0. The maximum atomic E-state index is 11.0. The number of carbonyl (C=O) groups is 1. The number of aromatic carboxylic acids is 1. The van der Waals surface area contributed by atoms with E-state index in [-0.39, 0.29) is 17.9 Å². The zero-order valence-corrected chi connectivity index (χ0v) is 10.5. The molecule has 0 saturated heterocycles. The second-order valence-corrected chi connectivity index (χ2v) is 4.27. The number of para-hydroxylation sites is 1. The van der Waals surface area contributed by atoms with E-state index in [2.05, 4.69) is 4.98 Å². The summed E-state index contributed by atoms with van der Waals surface area (Å²) in [5.74, 6) is -0.972. The van der Waals surface area contributed by atoms with E-state index in [1.165, 1.54) is 6.07 Å². The second kappa shape index (κ2) is 5.05. The van der Waals surface area contributed by atoms with Crippen molar-refractivity contribution in [3.8, 4) is 5.75 Å². The van der Waals surface area contributed by atoms with Crippen LogP contribution in [0.2, 0.25) is 0 Å². The summed E-state index contributed by atoms with van der Waals surface area (Å²) in [6, 6.07) is 12.1.